The van der Waals surface area contributed by atoms with Gasteiger partial charge in [-0.15, -0.1) is 0 Å². The van der Waals surface area contributed by atoms with Crippen molar-refractivity contribution in [2.45, 2.75) is 19.9 Å². The van der Waals surface area contributed by atoms with Gasteiger partial charge in [0.05, 0.1) is 11.4 Å². The molecule has 0 saturated carbocycles. The lowest BCUT2D eigenvalue weighted by molar-refractivity contribution is -0.138. The summed E-state index contributed by atoms with van der Waals surface area (Å²) in [5.74, 6) is -0.225. The van der Waals surface area contributed by atoms with Crippen LogP contribution in [0.25, 0.3) is 16.9 Å². The molecule has 0 atom stereocenters. The van der Waals surface area contributed by atoms with E-state index < -0.39 is 5.91 Å². The molecule has 0 aliphatic heterocycles. The third-order valence-electron chi connectivity index (χ3n) is 5.55. The second-order valence-corrected chi connectivity index (χ2v) is 9.01. The maximum Gasteiger partial charge on any atom is 0.261 e. The SMILES string of the molecule is CC(C)N(CC(=O)Nc1cc(-c2ccccc2)nn1-c1ccc(F)cc1)C(=O)COc1ccc(Cl)cc1. The zero-order chi connectivity index (χ0) is 26.4. The van der Waals surface area contributed by atoms with Crippen LogP contribution >= 0.6 is 11.6 Å². The van der Waals surface area contributed by atoms with Crippen LogP contribution in [0.3, 0.4) is 0 Å². The van der Waals surface area contributed by atoms with Gasteiger partial charge in [-0.1, -0.05) is 41.9 Å². The highest BCUT2D eigenvalue weighted by atomic mass is 35.5. The van der Waals surface area contributed by atoms with Crippen LogP contribution in [-0.2, 0) is 9.59 Å². The molecule has 0 bridgehead atoms. The number of nitrogens with zero attached hydrogens (tertiary/aromatic N) is 3. The number of halogens is 2. The Morgan fingerprint density at radius 1 is 1.03 bits per heavy atom. The van der Waals surface area contributed by atoms with E-state index >= 15 is 0 Å². The molecule has 0 radical (unpaired) electrons. The number of rotatable bonds is 9. The van der Waals surface area contributed by atoms with E-state index in [0.717, 1.165) is 5.56 Å². The molecule has 0 saturated heterocycles. The Morgan fingerprint density at radius 3 is 2.35 bits per heavy atom. The van der Waals surface area contributed by atoms with Crippen molar-refractivity contribution in [3.8, 4) is 22.7 Å². The minimum Gasteiger partial charge on any atom is -0.484 e. The fraction of sp³-hybridized carbons (Fsp3) is 0.179. The fourth-order valence-corrected chi connectivity index (χ4v) is 3.78. The highest BCUT2D eigenvalue weighted by Crippen LogP contribution is 2.25. The van der Waals surface area contributed by atoms with Gasteiger partial charge in [-0.25, -0.2) is 9.07 Å². The molecular weight excluding hydrogens is 495 g/mol. The second-order valence-electron chi connectivity index (χ2n) is 8.58. The first-order valence-electron chi connectivity index (χ1n) is 11.7. The number of nitrogens with one attached hydrogen (secondary N) is 1. The second kappa shape index (κ2) is 11.7. The van der Waals surface area contributed by atoms with Crippen molar-refractivity contribution in [1.82, 2.24) is 14.7 Å². The van der Waals surface area contributed by atoms with E-state index in [0.29, 0.717) is 28.0 Å². The van der Waals surface area contributed by atoms with Crippen molar-refractivity contribution in [2.24, 2.45) is 0 Å². The maximum absolute atomic E-state index is 13.5. The van der Waals surface area contributed by atoms with Crippen LogP contribution in [0.1, 0.15) is 13.8 Å². The van der Waals surface area contributed by atoms with Gasteiger partial charge >= 0.3 is 0 Å². The molecule has 0 aliphatic rings. The first-order valence-corrected chi connectivity index (χ1v) is 12.1. The highest BCUT2D eigenvalue weighted by molar-refractivity contribution is 6.30. The molecule has 1 heterocycles. The zero-order valence-electron chi connectivity index (χ0n) is 20.4. The number of carbonyl (C=O) groups is 2. The third kappa shape index (κ3) is 6.74. The van der Waals surface area contributed by atoms with Gasteiger partial charge in [0.1, 0.15) is 23.9 Å². The molecule has 4 aromatic rings. The molecule has 190 valence electrons. The molecule has 0 spiro atoms. The Bertz CT molecular complexity index is 1360. The summed E-state index contributed by atoms with van der Waals surface area (Å²) in [6, 6.07) is 23.5. The van der Waals surface area contributed by atoms with Crippen LogP contribution in [-0.4, -0.2) is 45.7 Å². The summed E-state index contributed by atoms with van der Waals surface area (Å²) in [4.78, 5) is 27.4. The van der Waals surface area contributed by atoms with E-state index in [1.54, 1.807) is 42.5 Å². The van der Waals surface area contributed by atoms with Gasteiger partial charge in [0.2, 0.25) is 5.91 Å². The molecule has 4 rings (SSSR count). The molecule has 2 amide bonds. The number of amides is 2. The summed E-state index contributed by atoms with van der Waals surface area (Å²) < 4.78 is 20.6. The Hall–Kier alpha value is -4.17. The normalized spacial score (nSPS) is 10.8. The molecule has 0 aliphatic carbocycles. The number of hydrogen-bond donors (Lipinski definition) is 1. The number of anilines is 1. The average molecular weight is 521 g/mol. The van der Waals surface area contributed by atoms with Gasteiger partial charge in [-0.05, 0) is 62.4 Å². The highest BCUT2D eigenvalue weighted by Gasteiger charge is 2.22. The number of benzene rings is 3. The Morgan fingerprint density at radius 2 is 1.70 bits per heavy atom. The van der Waals surface area contributed by atoms with Crippen LogP contribution in [0, 0.1) is 5.82 Å². The maximum atomic E-state index is 13.5. The lowest BCUT2D eigenvalue weighted by Crippen LogP contribution is -2.44. The minimum absolute atomic E-state index is 0.185. The first-order chi connectivity index (χ1) is 17.8. The van der Waals surface area contributed by atoms with Crippen molar-refractivity contribution in [1.29, 1.82) is 0 Å². The summed E-state index contributed by atoms with van der Waals surface area (Å²) in [5, 5.41) is 8.04. The van der Waals surface area contributed by atoms with Crippen molar-refractivity contribution in [2.75, 3.05) is 18.5 Å². The summed E-state index contributed by atoms with van der Waals surface area (Å²) >= 11 is 5.89. The topological polar surface area (TPSA) is 76.5 Å². The Kier molecular flexibility index (Phi) is 8.20. The smallest absolute Gasteiger partial charge is 0.261 e. The van der Waals surface area contributed by atoms with Crippen molar-refractivity contribution in [3.63, 3.8) is 0 Å². The summed E-state index contributed by atoms with van der Waals surface area (Å²) in [6.07, 6.45) is 0. The predicted molar refractivity (Wildman–Crippen MR) is 141 cm³/mol. The van der Waals surface area contributed by atoms with Gasteiger partial charge in [0.25, 0.3) is 5.91 Å². The molecule has 1 N–H and O–H groups in total. The molecule has 1 aromatic heterocycles. The molecular formula is C28H26ClFN4O3. The lowest BCUT2D eigenvalue weighted by atomic mass is 10.1. The molecule has 3 aromatic carbocycles. The number of carbonyl (C=O) groups excluding carboxylic acids is 2. The van der Waals surface area contributed by atoms with Gasteiger partial charge in [-0.2, -0.15) is 5.10 Å². The minimum atomic E-state index is -0.406. The molecule has 7 nitrogen and oxygen atoms in total. The molecule has 9 heteroatoms. The van der Waals surface area contributed by atoms with Crippen LogP contribution in [0.4, 0.5) is 10.2 Å². The largest absolute Gasteiger partial charge is 0.484 e. The van der Waals surface area contributed by atoms with Crippen LogP contribution in [0.15, 0.2) is 84.9 Å². The monoisotopic (exact) mass is 520 g/mol. The van der Waals surface area contributed by atoms with Crippen molar-refractivity contribution < 1.29 is 18.7 Å². The Balaban J connectivity index is 1.50. The lowest BCUT2D eigenvalue weighted by Gasteiger charge is -2.26. The molecule has 37 heavy (non-hydrogen) atoms. The number of ether oxygens (including phenoxy) is 1. The van der Waals surface area contributed by atoms with Crippen LogP contribution in [0.5, 0.6) is 5.75 Å². The zero-order valence-corrected chi connectivity index (χ0v) is 21.2. The standard InChI is InChI=1S/C28H26ClFN4O3/c1-19(2)33(28(36)18-37-24-14-8-21(29)9-15-24)17-27(35)31-26-16-25(20-6-4-3-5-7-20)32-34(26)23-12-10-22(30)11-13-23/h3-16,19H,17-18H2,1-2H3,(H,31,35). The summed E-state index contributed by atoms with van der Waals surface area (Å²) in [5.41, 5.74) is 2.07. The quantitative estimate of drug-likeness (QED) is 0.312. The van der Waals surface area contributed by atoms with E-state index in [1.807, 2.05) is 44.2 Å². The summed E-state index contributed by atoms with van der Waals surface area (Å²) in [7, 11) is 0. The van der Waals surface area contributed by atoms with Crippen LogP contribution < -0.4 is 10.1 Å². The third-order valence-corrected chi connectivity index (χ3v) is 5.80. The van der Waals surface area contributed by atoms with E-state index in [2.05, 4.69) is 10.4 Å². The number of hydrogen-bond acceptors (Lipinski definition) is 4. The summed E-state index contributed by atoms with van der Waals surface area (Å²) in [6.45, 7) is 3.24. The van der Waals surface area contributed by atoms with Gasteiger partial charge in [-0.3, -0.25) is 9.59 Å². The van der Waals surface area contributed by atoms with E-state index in [9.17, 15) is 14.0 Å². The van der Waals surface area contributed by atoms with Gasteiger partial charge in [0.15, 0.2) is 6.61 Å². The fourth-order valence-electron chi connectivity index (χ4n) is 3.65. The molecule has 0 unspecified atom stereocenters. The van der Waals surface area contributed by atoms with Crippen molar-refractivity contribution in [3.05, 3.63) is 95.8 Å². The van der Waals surface area contributed by atoms with Crippen LogP contribution in [0.2, 0.25) is 5.02 Å². The first kappa shape index (κ1) is 25.9. The predicted octanol–water partition coefficient (Wildman–Crippen LogP) is 5.59. The van der Waals surface area contributed by atoms with Gasteiger partial charge < -0.3 is 15.0 Å². The van der Waals surface area contributed by atoms with E-state index in [4.69, 9.17) is 16.3 Å². The van der Waals surface area contributed by atoms with Crippen molar-refractivity contribution >= 4 is 29.2 Å². The number of aromatic nitrogens is 2. The molecule has 0 fully saturated rings. The van der Waals surface area contributed by atoms with Gasteiger partial charge in [0, 0.05) is 22.7 Å². The average Bonchev–Trinajstić information content (AvgIpc) is 3.31. The Labute approximate surface area is 219 Å². The van der Waals surface area contributed by atoms with E-state index in [1.165, 1.54) is 21.7 Å². The van der Waals surface area contributed by atoms with E-state index in [-0.39, 0.29) is 30.9 Å².